The minimum atomic E-state index is -0.283. The highest BCUT2D eigenvalue weighted by Crippen LogP contribution is 2.32. The molecule has 1 fully saturated rings. The topological polar surface area (TPSA) is 46.5 Å². The molecule has 1 aromatic heterocycles. The summed E-state index contributed by atoms with van der Waals surface area (Å²) in [6.45, 7) is 16.2. The van der Waals surface area contributed by atoms with Crippen LogP contribution in [0, 0.1) is 20.8 Å². The average molecular weight is 384 g/mol. The van der Waals surface area contributed by atoms with Crippen molar-refractivity contribution in [2.75, 3.05) is 31.2 Å². The maximum absolute atomic E-state index is 13.3. The molecule has 0 atom stereocenters. The Morgan fingerprint density at radius 1 is 1.11 bits per heavy atom. The number of aromatic nitrogens is 1. The van der Waals surface area contributed by atoms with Crippen molar-refractivity contribution in [1.82, 2.24) is 9.88 Å². The van der Waals surface area contributed by atoms with Gasteiger partial charge < -0.3 is 19.5 Å². The number of amides is 1. The lowest BCUT2D eigenvalue weighted by Crippen LogP contribution is -2.41. The van der Waals surface area contributed by atoms with Crippen molar-refractivity contribution in [1.29, 1.82) is 0 Å². The number of anilines is 1. The Hall–Kier alpha value is -2.27. The second-order valence-corrected chi connectivity index (χ2v) is 8.72. The molecule has 0 aliphatic carbocycles. The van der Waals surface area contributed by atoms with E-state index in [2.05, 4.69) is 59.8 Å². The van der Waals surface area contributed by atoms with E-state index >= 15 is 0 Å². The zero-order valence-corrected chi connectivity index (χ0v) is 18.1. The number of hydrogen-bond donors (Lipinski definition) is 1. The maximum Gasteiger partial charge on any atom is 0.268 e. The van der Waals surface area contributed by atoms with Crippen LogP contribution < -0.4 is 10.2 Å². The first kappa shape index (κ1) is 20.5. The zero-order valence-electron chi connectivity index (χ0n) is 18.1. The van der Waals surface area contributed by atoms with E-state index in [9.17, 15) is 4.79 Å². The average Bonchev–Trinajstić information content (AvgIpc) is 2.86. The molecule has 1 aliphatic rings. The monoisotopic (exact) mass is 383 g/mol. The third kappa shape index (κ3) is 4.25. The van der Waals surface area contributed by atoms with Gasteiger partial charge in [-0.05, 0) is 52.7 Å². The predicted molar refractivity (Wildman–Crippen MR) is 114 cm³/mol. The Balaban J connectivity index is 2.09. The molecule has 0 radical (unpaired) electrons. The first-order valence-corrected chi connectivity index (χ1v) is 10.1. The molecular weight excluding hydrogens is 350 g/mol. The van der Waals surface area contributed by atoms with Gasteiger partial charge in [-0.3, -0.25) is 4.79 Å². The number of morpholine rings is 1. The van der Waals surface area contributed by atoms with Gasteiger partial charge in [0.25, 0.3) is 5.91 Å². The lowest BCUT2D eigenvalue weighted by Gasteiger charge is -2.29. The van der Waals surface area contributed by atoms with E-state index < -0.39 is 0 Å². The molecule has 5 heteroatoms. The molecule has 1 amide bonds. The highest BCUT2D eigenvalue weighted by atomic mass is 16.5. The minimum absolute atomic E-state index is 0.0128. The number of nitrogens with one attached hydrogen (secondary N) is 1. The largest absolute Gasteiger partial charge is 0.378 e. The molecule has 0 bridgehead atoms. The summed E-state index contributed by atoms with van der Waals surface area (Å²) in [5.74, 6) is -0.0128. The van der Waals surface area contributed by atoms with Crippen LogP contribution >= 0.6 is 0 Å². The Morgan fingerprint density at radius 3 is 2.36 bits per heavy atom. The smallest absolute Gasteiger partial charge is 0.268 e. The third-order valence-corrected chi connectivity index (χ3v) is 5.35. The summed E-state index contributed by atoms with van der Waals surface area (Å²) < 4.78 is 7.72. The summed E-state index contributed by atoms with van der Waals surface area (Å²) in [6.07, 6.45) is 0. The number of carbonyl (C=O) groups excluding carboxylic acids is 1. The lowest BCUT2D eigenvalue weighted by molar-refractivity contribution is 0.0909. The Morgan fingerprint density at radius 2 is 1.75 bits per heavy atom. The minimum Gasteiger partial charge on any atom is -0.378 e. The van der Waals surface area contributed by atoms with Gasteiger partial charge in [0.2, 0.25) is 0 Å². The van der Waals surface area contributed by atoms with Gasteiger partial charge in [-0.25, -0.2) is 0 Å². The highest BCUT2D eigenvalue weighted by Gasteiger charge is 2.28. The van der Waals surface area contributed by atoms with Crippen molar-refractivity contribution in [3.05, 3.63) is 52.3 Å². The van der Waals surface area contributed by atoms with Gasteiger partial charge in [-0.15, -0.1) is 0 Å². The van der Waals surface area contributed by atoms with Crippen LogP contribution in [-0.4, -0.2) is 42.3 Å². The Bertz CT molecular complexity index is 855. The molecule has 152 valence electrons. The fourth-order valence-corrected chi connectivity index (χ4v) is 3.98. The number of nitrogens with zero attached hydrogens (tertiary/aromatic N) is 2. The molecular formula is C23H33N3O2. The fourth-order valence-electron chi connectivity index (χ4n) is 3.98. The van der Waals surface area contributed by atoms with Crippen LogP contribution in [0.1, 0.15) is 53.6 Å². The van der Waals surface area contributed by atoms with E-state index in [0.717, 1.165) is 43.3 Å². The van der Waals surface area contributed by atoms with Crippen LogP contribution in [0.2, 0.25) is 0 Å². The van der Waals surface area contributed by atoms with Crippen LogP contribution in [0.4, 0.5) is 5.69 Å². The first-order valence-electron chi connectivity index (χ1n) is 10.1. The molecule has 1 aromatic carbocycles. The molecule has 0 saturated carbocycles. The molecule has 5 nitrogen and oxygen atoms in total. The van der Waals surface area contributed by atoms with Crippen molar-refractivity contribution in [3.63, 3.8) is 0 Å². The highest BCUT2D eigenvalue weighted by molar-refractivity contribution is 5.97. The zero-order chi connectivity index (χ0) is 20.5. The van der Waals surface area contributed by atoms with E-state index in [1.807, 2.05) is 20.8 Å². The fraction of sp³-hybridized carbons (Fsp3) is 0.522. The van der Waals surface area contributed by atoms with Crippen molar-refractivity contribution in [2.45, 2.75) is 53.6 Å². The molecule has 0 spiro atoms. The molecule has 1 aliphatic heterocycles. The van der Waals surface area contributed by atoms with Crippen LogP contribution in [0.3, 0.4) is 0 Å². The van der Waals surface area contributed by atoms with Crippen LogP contribution in [0.15, 0.2) is 24.3 Å². The van der Waals surface area contributed by atoms with E-state index in [1.165, 1.54) is 16.8 Å². The SMILES string of the molecule is Cc1ccccc1Cn1c(C)c(N2CCOCC2)c(C)c1C(=O)NC(C)(C)C. The summed E-state index contributed by atoms with van der Waals surface area (Å²) in [4.78, 5) is 15.6. The van der Waals surface area contributed by atoms with E-state index in [4.69, 9.17) is 4.74 Å². The van der Waals surface area contributed by atoms with Crippen molar-refractivity contribution >= 4 is 11.6 Å². The predicted octanol–water partition coefficient (Wildman–Crippen LogP) is 3.83. The van der Waals surface area contributed by atoms with E-state index in [1.54, 1.807) is 0 Å². The van der Waals surface area contributed by atoms with E-state index in [0.29, 0.717) is 6.54 Å². The number of ether oxygens (including phenoxy) is 1. The van der Waals surface area contributed by atoms with Crippen LogP contribution in [-0.2, 0) is 11.3 Å². The molecule has 2 aromatic rings. The maximum atomic E-state index is 13.3. The normalized spacial score (nSPS) is 15.0. The standard InChI is InChI=1S/C23H33N3O2/c1-16-9-7-8-10-19(16)15-26-18(3)20(25-11-13-28-14-12-25)17(2)21(26)22(27)24-23(4,5)6/h7-10H,11-15H2,1-6H3,(H,24,27). The van der Waals surface area contributed by atoms with Gasteiger partial charge in [0.05, 0.1) is 18.9 Å². The van der Waals surface area contributed by atoms with Gasteiger partial charge >= 0.3 is 0 Å². The van der Waals surface area contributed by atoms with Crippen molar-refractivity contribution < 1.29 is 9.53 Å². The third-order valence-electron chi connectivity index (χ3n) is 5.35. The number of rotatable bonds is 4. The molecule has 0 unspecified atom stereocenters. The molecule has 28 heavy (non-hydrogen) atoms. The van der Waals surface area contributed by atoms with Gasteiger partial charge in [0.15, 0.2) is 0 Å². The molecule has 1 saturated heterocycles. The van der Waals surface area contributed by atoms with Crippen LogP contribution in [0.5, 0.6) is 0 Å². The summed E-state index contributed by atoms with van der Waals surface area (Å²) in [5, 5.41) is 3.16. The van der Waals surface area contributed by atoms with Gasteiger partial charge in [0, 0.05) is 36.4 Å². The summed E-state index contributed by atoms with van der Waals surface area (Å²) >= 11 is 0. The Labute approximate surface area is 168 Å². The second-order valence-electron chi connectivity index (χ2n) is 8.72. The van der Waals surface area contributed by atoms with Gasteiger partial charge in [-0.2, -0.15) is 0 Å². The van der Waals surface area contributed by atoms with Crippen molar-refractivity contribution in [3.8, 4) is 0 Å². The molecule has 1 N–H and O–H groups in total. The van der Waals surface area contributed by atoms with Crippen molar-refractivity contribution in [2.24, 2.45) is 0 Å². The van der Waals surface area contributed by atoms with Gasteiger partial charge in [0.1, 0.15) is 5.69 Å². The Kier molecular flexibility index (Phi) is 5.84. The first-order chi connectivity index (χ1) is 13.2. The summed E-state index contributed by atoms with van der Waals surface area (Å²) in [6, 6.07) is 8.38. The number of aryl methyl sites for hydroxylation is 1. The number of benzene rings is 1. The summed E-state index contributed by atoms with van der Waals surface area (Å²) in [7, 11) is 0. The van der Waals surface area contributed by atoms with E-state index in [-0.39, 0.29) is 11.4 Å². The quantitative estimate of drug-likeness (QED) is 0.873. The molecule has 3 rings (SSSR count). The second kappa shape index (κ2) is 8.00. The van der Waals surface area contributed by atoms with Gasteiger partial charge in [-0.1, -0.05) is 24.3 Å². The molecule has 2 heterocycles. The van der Waals surface area contributed by atoms with Crippen LogP contribution in [0.25, 0.3) is 0 Å². The lowest BCUT2D eigenvalue weighted by atomic mass is 10.1. The number of hydrogen-bond acceptors (Lipinski definition) is 3. The number of carbonyl (C=O) groups is 1. The summed E-state index contributed by atoms with van der Waals surface area (Å²) in [5.41, 5.74) is 6.32.